The first-order chi connectivity index (χ1) is 9.56. The molecule has 0 unspecified atom stereocenters. The monoisotopic (exact) mass is 277 g/mol. The second-order valence-corrected chi connectivity index (χ2v) is 5.15. The fourth-order valence-electron chi connectivity index (χ4n) is 2.19. The van der Waals surface area contributed by atoms with Gasteiger partial charge >= 0.3 is 5.97 Å². The van der Waals surface area contributed by atoms with Crippen molar-refractivity contribution in [3.8, 4) is 0 Å². The highest BCUT2D eigenvalue weighted by Crippen LogP contribution is 2.13. The molecule has 5 heteroatoms. The molecule has 0 spiro atoms. The maximum Gasteiger partial charge on any atom is 0.326 e. The highest BCUT2D eigenvalue weighted by atomic mass is 16.5. The van der Waals surface area contributed by atoms with Crippen molar-refractivity contribution >= 4 is 11.9 Å². The van der Waals surface area contributed by atoms with Crippen molar-refractivity contribution in [1.82, 2.24) is 5.32 Å². The average molecular weight is 277 g/mol. The molecule has 1 aliphatic rings. The third-order valence-electron chi connectivity index (χ3n) is 3.48. The van der Waals surface area contributed by atoms with Gasteiger partial charge in [0.25, 0.3) is 0 Å². The minimum atomic E-state index is -1.02. The molecular weight excluding hydrogens is 258 g/mol. The molecule has 1 amide bonds. The SMILES string of the molecule is Cc1ccc(C[C@H](NC(=O)[C@H]2CCOC2)C(=O)O)cc1. The van der Waals surface area contributed by atoms with E-state index in [2.05, 4.69) is 5.32 Å². The van der Waals surface area contributed by atoms with Crippen LogP contribution in [-0.2, 0) is 20.7 Å². The van der Waals surface area contributed by atoms with Gasteiger partial charge in [-0.1, -0.05) is 29.8 Å². The Bertz CT molecular complexity index is 477. The van der Waals surface area contributed by atoms with Gasteiger partial charge in [-0.15, -0.1) is 0 Å². The average Bonchev–Trinajstić information content (AvgIpc) is 2.94. The number of rotatable bonds is 5. The fourth-order valence-corrected chi connectivity index (χ4v) is 2.19. The summed E-state index contributed by atoms with van der Waals surface area (Å²) in [4.78, 5) is 23.2. The molecule has 0 radical (unpaired) electrons. The lowest BCUT2D eigenvalue weighted by atomic mass is 10.0. The van der Waals surface area contributed by atoms with Crippen LogP contribution in [0.3, 0.4) is 0 Å². The van der Waals surface area contributed by atoms with Crippen LogP contribution in [-0.4, -0.2) is 36.2 Å². The topological polar surface area (TPSA) is 75.6 Å². The van der Waals surface area contributed by atoms with Crippen LogP contribution < -0.4 is 5.32 Å². The van der Waals surface area contributed by atoms with Gasteiger partial charge in [-0.25, -0.2) is 4.79 Å². The molecule has 1 heterocycles. The van der Waals surface area contributed by atoms with Crippen molar-refractivity contribution < 1.29 is 19.4 Å². The summed E-state index contributed by atoms with van der Waals surface area (Å²) in [6, 6.07) is 6.74. The largest absolute Gasteiger partial charge is 0.480 e. The molecule has 108 valence electrons. The molecule has 2 rings (SSSR count). The van der Waals surface area contributed by atoms with Crippen LogP contribution >= 0.6 is 0 Å². The molecule has 5 nitrogen and oxygen atoms in total. The van der Waals surface area contributed by atoms with Gasteiger partial charge in [0.1, 0.15) is 6.04 Å². The van der Waals surface area contributed by atoms with Crippen molar-refractivity contribution in [3.05, 3.63) is 35.4 Å². The number of carboxylic acids is 1. The Morgan fingerprint density at radius 1 is 1.40 bits per heavy atom. The van der Waals surface area contributed by atoms with E-state index >= 15 is 0 Å². The molecule has 0 aromatic heterocycles. The highest BCUT2D eigenvalue weighted by molar-refractivity contribution is 5.85. The molecular formula is C15H19NO4. The molecule has 20 heavy (non-hydrogen) atoms. The van der Waals surface area contributed by atoms with E-state index in [-0.39, 0.29) is 18.2 Å². The second kappa shape index (κ2) is 6.52. The summed E-state index contributed by atoms with van der Waals surface area (Å²) in [5.41, 5.74) is 2.01. The summed E-state index contributed by atoms with van der Waals surface area (Å²) in [6.07, 6.45) is 0.942. The molecule has 1 aliphatic heterocycles. The highest BCUT2D eigenvalue weighted by Gasteiger charge is 2.28. The fraction of sp³-hybridized carbons (Fsp3) is 0.467. The number of amides is 1. The second-order valence-electron chi connectivity index (χ2n) is 5.15. The predicted octanol–water partition coefficient (Wildman–Crippen LogP) is 1.14. The zero-order valence-electron chi connectivity index (χ0n) is 11.5. The van der Waals surface area contributed by atoms with Crippen LogP contribution in [0.5, 0.6) is 0 Å². The Morgan fingerprint density at radius 3 is 2.65 bits per heavy atom. The Labute approximate surface area is 117 Å². The first-order valence-corrected chi connectivity index (χ1v) is 6.72. The Balaban J connectivity index is 1.98. The summed E-state index contributed by atoms with van der Waals surface area (Å²) in [5, 5.41) is 11.8. The molecule has 0 bridgehead atoms. The van der Waals surface area contributed by atoms with E-state index in [1.165, 1.54) is 0 Å². The number of aryl methyl sites for hydroxylation is 1. The summed E-state index contributed by atoms with van der Waals surface area (Å²) in [5.74, 6) is -1.48. The van der Waals surface area contributed by atoms with Crippen molar-refractivity contribution in [1.29, 1.82) is 0 Å². The summed E-state index contributed by atoms with van der Waals surface area (Å²) in [6.45, 7) is 2.91. The predicted molar refractivity (Wildman–Crippen MR) is 73.4 cm³/mol. The minimum absolute atomic E-state index is 0.227. The summed E-state index contributed by atoms with van der Waals surface area (Å²) >= 11 is 0. The van der Waals surface area contributed by atoms with Crippen LogP contribution in [0.1, 0.15) is 17.5 Å². The molecule has 0 aliphatic carbocycles. The molecule has 1 saturated heterocycles. The Hall–Kier alpha value is -1.88. The van der Waals surface area contributed by atoms with E-state index < -0.39 is 12.0 Å². The number of hydrogen-bond donors (Lipinski definition) is 2. The molecule has 2 N–H and O–H groups in total. The van der Waals surface area contributed by atoms with Crippen LogP contribution in [0.4, 0.5) is 0 Å². The Kier molecular flexibility index (Phi) is 4.74. The zero-order valence-corrected chi connectivity index (χ0v) is 11.5. The van der Waals surface area contributed by atoms with E-state index in [0.717, 1.165) is 11.1 Å². The number of aliphatic carboxylic acids is 1. The molecule has 0 saturated carbocycles. The van der Waals surface area contributed by atoms with Crippen molar-refractivity contribution in [3.63, 3.8) is 0 Å². The van der Waals surface area contributed by atoms with E-state index in [9.17, 15) is 14.7 Å². The van der Waals surface area contributed by atoms with Crippen molar-refractivity contribution in [2.24, 2.45) is 5.92 Å². The molecule has 2 atom stereocenters. The van der Waals surface area contributed by atoms with E-state index in [0.29, 0.717) is 19.6 Å². The van der Waals surface area contributed by atoms with Gasteiger partial charge in [0.2, 0.25) is 5.91 Å². The van der Waals surface area contributed by atoms with Gasteiger partial charge in [0, 0.05) is 13.0 Å². The first kappa shape index (κ1) is 14.5. The number of carbonyl (C=O) groups excluding carboxylic acids is 1. The number of nitrogens with one attached hydrogen (secondary N) is 1. The van der Waals surface area contributed by atoms with Crippen molar-refractivity contribution in [2.45, 2.75) is 25.8 Å². The third-order valence-corrected chi connectivity index (χ3v) is 3.48. The maximum absolute atomic E-state index is 12.0. The number of benzene rings is 1. The quantitative estimate of drug-likeness (QED) is 0.846. The van der Waals surface area contributed by atoms with Crippen molar-refractivity contribution in [2.75, 3.05) is 13.2 Å². The number of carboxylic acid groups (broad SMARTS) is 1. The molecule has 1 fully saturated rings. The van der Waals surface area contributed by atoms with Gasteiger partial charge in [0.15, 0.2) is 0 Å². The number of ether oxygens (including phenoxy) is 1. The lowest BCUT2D eigenvalue weighted by Crippen LogP contribution is -2.45. The van der Waals surface area contributed by atoms with Gasteiger partial charge in [-0.05, 0) is 18.9 Å². The van der Waals surface area contributed by atoms with E-state index in [4.69, 9.17) is 4.74 Å². The Morgan fingerprint density at radius 2 is 2.10 bits per heavy atom. The van der Waals surface area contributed by atoms with Gasteiger partial charge in [-0.3, -0.25) is 4.79 Å². The molecule has 1 aromatic rings. The number of hydrogen-bond acceptors (Lipinski definition) is 3. The summed E-state index contributed by atoms with van der Waals surface area (Å²) < 4.78 is 5.14. The zero-order chi connectivity index (χ0) is 14.5. The summed E-state index contributed by atoms with van der Waals surface area (Å²) in [7, 11) is 0. The van der Waals surface area contributed by atoms with E-state index in [1.54, 1.807) is 0 Å². The van der Waals surface area contributed by atoms with Gasteiger partial charge in [0.05, 0.1) is 12.5 Å². The standard InChI is InChI=1S/C15H19NO4/c1-10-2-4-11(5-3-10)8-13(15(18)19)16-14(17)12-6-7-20-9-12/h2-5,12-13H,6-9H2,1H3,(H,16,17)(H,18,19)/t12-,13-/m0/s1. The normalized spacial score (nSPS) is 19.6. The smallest absolute Gasteiger partial charge is 0.326 e. The van der Waals surface area contributed by atoms with Crippen LogP contribution in [0.2, 0.25) is 0 Å². The molecule has 1 aromatic carbocycles. The van der Waals surface area contributed by atoms with Gasteiger partial charge < -0.3 is 15.2 Å². The maximum atomic E-state index is 12.0. The first-order valence-electron chi connectivity index (χ1n) is 6.72. The lowest BCUT2D eigenvalue weighted by molar-refractivity contribution is -0.142. The van der Waals surface area contributed by atoms with E-state index in [1.807, 2.05) is 31.2 Å². The minimum Gasteiger partial charge on any atom is -0.480 e. The lowest BCUT2D eigenvalue weighted by Gasteiger charge is -2.17. The van der Waals surface area contributed by atoms with Crippen LogP contribution in [0.25, 0.3) is 0 Å². The van der Waals surface area contributed by atoms with Crippen LogP contribution in [0.15, 0.2) is 24.3 Å². The number of carbonyl (C=O) groups is 2. The van der Waals surface area contributed by atoms with Gasteiger partial charge in [-0.2, -0.15) is 0 Å². The third kappa shape index (κ3) is 3.81. The van der Waals surface area contributed by atoms with Crippen LogP contribution in [0, 0.1) is 12.8 Å².